The minimum atomic E-state index is -0.173. The first kappa shape index (κ1) is 20.5. The van der Waals surface area contributed by atoms with Gasteiger partial charge in [0.15, 0.2) is 6.61 Å². The van der Waals surface area contributed by atoms with Gasteiger partial charge in [-0.1, -0.05) is 13.0 Å². The number of hydrogen-bond acceptors (Lipinski definition) is 7. The molecule has 29 heavy (non-hydrogen) atoms. The number of carbonyl (C=O) groups excluding carboxylic acids is 2. The third-order valence-electron chi connectivity index (χ3n) is 3.91. The zero-order chi connectivity index (χ0) is 20.6. The summed E-state index contributed by atoms with van der Waals surface area (Å²) in [5.41, 5.74) is 0.668. The number of thiophene rings is 1. The van der Waals surface area contributed by atoms with Crippen LogP contribution in [0, 0.1) is 0 Å². The lowest BCUT2D eigenvalue weighted by molar-refractivity contribution is -0.134. The highest BCUT2D eigenvalue weighted by atomic mass is 32.1. The second-order valence-corrected chi connectivity index (χ2v) is 7.24. The molecule has 2 amide bonds. The Morgan fingerprint density at radius 3 is 2.66 bits per heavy atom. The van der Waals surface area contributed by atoms with Crippen molar-refractivity contribution >= 4 is 28.8 Å². The molecule has 3 aromatic rings. The summed E-state index contributed by atoms with van der Waals surface area (Å²) in [6.45, 7) is 4.12. The van der Waals surface area contributed by atoms with Crippen molar-refractivity contribution in [1.82, 2.24) is 15.1 Å². The van der Waals surface area contributed by atoms with Gasteiger partial charge in [0, 0.05) is 19.2 Å². The lowest BCUT2D eigenvalue weighted by Gasteiger charge is -2.20. The van der Waals surface area contributed by atoms with Crippen LogP contribution < -0.4 is 10.1 Å². The smallest absolute Gasteiger partial charge is 0.260 e. The van der Waals surface area contributed by atoms with E-state index in [-0.39, 0.29) is 25.0 Å². The van der Waals surface area contributed by atoms with Crippen LogP contribution in [0.2, 0.25) is 0 Å². The van der Waals surface area contributed by atoms with E-state index in [4.69, 9.17) is 9.15 Å². The first-order valence-electron chi connectivity index (χ1n) is 9.19. The highest BCUT2D eigenvalue weighted by Gasteiger charge is 2.18. The monoisotopic (exact) mass is 414 g/mol. The van der Waals surface area contributed by atoms with Crippen LogP contribution in [0.4, 0.5) is 5.69 Å². The van der Waals surface area contributed by atoms with Gasteiger partial charge in [-0.15, -0.1) is 21.5 Å². The molecule has 0 aliphatic heterocycles. The minimum absolute atomic E-state index is 0.106. The molecule has 0 aliphatic rings. The van der Waals surface area contributed by atoms with Gasteiger partial charge in [0.1, 0.15) is 5.75 Å². The number of carbonyl (C=O) groups is 2. The van der Waals surface area contributed by atoms with E-state index in [9.17, 15) is 9.59 Å². The lowest BCUT2D eigenvalue weighted by Crippen LogP contribution is -2.35. The number of aromatic nitrogens is 2. The number of anilines is 1. The molecule has 1 N–H and O–H groups in total. The number of nitrogens with zero attached hydrogens (tertiary/aromatic N) is 3. The Morgan fingerprint density at radius 2 is 2.00 bits per heavy atom. The Balaban J connectivity index is 1.57. The van der Waals surface area contributed by atoms with Gasteiger partial charge >= 0.3 is 0 Å². The molecule has 2 heterocycles. The van der Waals surface area contributed by atoms with Crippen molar-refractivity contribution in [3.05, 3.63) is 47.7 Å². The van der Waals surface area contributed by atoms with Crippen molar-refractivity contribution in [2.45, 2.75) is 26.8 Å². The number of ether oxygens (including phenoxy) is 1. The average Bonchev–Trinajstić information content (AvgIpc) is 3.38. The summed E-state index contributed by atoms with van der Waals surface area (Å²) in [6.07, 6.45) is 0.795. The minimum Gasteiger partial charge on any atom is -0.484 e. The maximum Gasteiger partial charge on any atom is 0.260 e. The number of rotatable bonds is 9. The van der Waals surface area contributed by atoms with E-state index in [1.165, 1.54) is 18.3 Å². The van der Waals surface area contributed by atoms with Crippen molar-refractivity contribution < 1.29 is 18.7 Å². The summed E-state index contributed by atoms with van der Waals surface area (Å²) in [5, 5.41) is 12.7. The van der Waals surface area contributed by atoms with Crippen LogP contribution in [0.3, 0.4) is 0 Å². The summed E-state index contributed by atoms with van der Waals surface area (Å²) >= 11 is 1.51. The molecular weight excluding hydrogens is 392 g/mol. The van der Waals surface area contributed by atoms with Gasteiger partial charge in [-0.25, -0.2) is 0 Å². The topological polar surface area (TPSA) is 97.6 Å². The SMILES string of the molecule is CCCN(Cc1nnc(-c2cccs2)o1)C(=O)COc1ccc(NC(C)=O)cc1. The Kier molecular flexibility index (Phi) is 6.96. The predicted molar refractivity (Wildman–Crippen MR) is 110 cm³/mol. The highest BCUT2D eigenvalue weighted by Crippen LogP contribution is 2.23. The van der Waals surface area contributed by atoms with Crippen molar-refractivity contribution in [1.29, 1.82) is 0 Å². The number of hydrogen-bond donors (Lipinski definition) is 1. The van der Waals surface area contributed by atoms with Gasteiger partial charge in [0.05, 0.1) is 11.4 Å². The molecule has 0 bridgehead atoms. The predicted octanol–water partition coefficient (Wildman–Crippen LogP) is 3.57. The molecule has 1 aromatic carbocycles. The standard InChI is InChI=1S/C20H22N4O4S/c1-3-10-24(12-18-22-23-20(28-18)17-5-4-11-29-17)19(26)13-27-16-8-6-15(7-9-16)21-14(2)25/h4-9,11H,3,10,12-13H2,1-2H3,(H,21,25). The van der Waals surface area contributed by atoms with E-state index in [0.717, 1.165) is 11.3 Å². The summed E-state index contributed by atoms with van der Waals surface area (Å²) in [7, 11) is 0. The van der Waals surface area contributed by atoms with E-state index in [1.54, 1.807) is 29.2 Å². The fraction of sp³-hybridized carbons (Fsp3) is 0.300. The van der Waals surface area contributed by atoms with Crippen molar-refractivity contribution in [2.24, 2.45) is 0 Å². The Bertz CT molecular complexity index is 938. The van der Waals surface area contributed by atoms with E-state index >= 15 is 0 Å². The van der Waals surface area contributed by atoms with E-state index in [0.29, 0.717) is 29.8 Å². The fourth-order valence-electron chi connectivity index (χ4n) is 2.62. The van der Waals surface area contributed by atoms with Crippen LogP contribution in [-0.2, 0) is 16.1 Å². The maximum absolute atomic E-state index is 12.6. The number of benzene rings is 1. The van der Waals surface area contributed by atoms with Gasteiger partial charge in [-0.2, -0.15) is 0 Å². The quantitative estimate of drug-likeness (QED) is 0.575. The zero-order valence-corrected chi connectivity index (χ0v) is 17.1. The molecule has 0 unspecified atom stereocenters. The molecule has 0 aliphatic carbocycles. The molecule has 0 saturated carbocycles. The van der Waals surface area contributed by atoms with Crippen molar-refractivity contribution in [3.8, 4) is 16.5 Å². The lowest BCUT2D eigenvalue weighted by atomic mass is 10.3. The molecule has 0 atom stereocenters. The third-order valence-corrected chi connectivity index (χ3v) is 4.77. The third kappa shape index (κ3) is 5.89. The first-order valence-corrected chi connectivity index (χ1v) is 10.1. The maximum atomic E-state index is 12.6. The molecule has 0 spiro atoms. The van der Waals surface area contributed by atoms with Crippen LogP contribution in [0.1, 0.15) is 26.2 Å². The van der Waals surface area contributed by atoms with Crippen LogP contribution in [0.25, 0.3) is 10.8 Å². The molecule has 0 saturated heterocycles. The molecule has 3 rings (SSSR count). The van der Waals surface area contributed by atoms with Gasteiger partial charge in [-0.05, 0) is 42.1 Å². The van der Waals surface area contributed by atoms with Crippen LogP contribution >= 0.6 is 11.3 Å². The normalized spacial score (nSPS) is 10.6. The largest absolute Gasteiger partial charge is 0.484 e. The molecule has 8 nitrogen and oxygen atoms in total. The summed E-state index contributed by atoms with van der Waals surface area (Å²) in [5.74, 6) is 1.06. The number of nitrogens with one attached hydrogen (secondary N) is 1. The van der Waals surface area contributed by atoms with Crippen molar-refractivity contribution in [2.75, 3.05) is 18.5 Å². The Morgan fingerprint density at radius 1 is 1.21 bits per heavy atom. The molecule has 2 aromatic heterocycles. The molecule has 152 valence electrons. The van der Waals surface area contributed by atoms with Gasteiger partial charge in [0.2, 0.25) is 11.8 Å². The Labute approximate surface area is 172 Å². The Hall–Kier alpha value is -3.20. The average molecular weight is 414 g/mol. The second-order valence-electron chi connectivity index (χ2n) is 6.29. The second kappa shape index (κ2) is 9.83. The fourth-order valence-corrected chi connectivity index (χ4v) is 3.26. The molecule has 0 radical (unpaired) electrons. The van der Waals surface area contributed by atoms with Crippen molar-refractivity contribution in [3.63, 3.8) is 0 Å². The van der Waals surface area contributed by atoms with Crippen LogP contribution in [-0.4, -0.2) is 40.1 Å². The van der Waals surface area contributed by atoms with E-state index in [2.05, 4.69) is 15.5 Å². The van der Waals surface area contributed by atoms with Gasteiger partial charge in [0.25, 0.3) is 11.8 Å². The van der Waals surface area contributed by atoms with Crippen LogP contribution in [0.15, 0.2) is 46.2 Å². The molecule has 0 fully saturated rings. The van der Waals surface area contributed by atoms with Gasteiger partial charge in [-0.3, -0.25) is 9.59 Å². The van der Waals surface area contributed by atoms with Gasteiger partial charge < -0.3 is 19.4 Å². The van der Waals surface area contributed by atoms with E-state index in [1.807, 2.05) is 24.4 Å². The van der Waals surface area contributed by atoms with Crippen LogP contribution in [0.5, 0.6) is 5.75 Å². The molecule has 9 heteroatoms. The van der Waals surface area contributed by atoms with E-state index < -0.39 is 0 Å². The first-order chi connectivity index (χ1) is 14.0. The zero-order valence-electron chi connectivity index (χ0n) is 16.3. The summed E-state index contributed by atoms with van der Waals surface area (Å²) in [4.78, 5) is 26.2. The summed E-state index contributed by atoms with van der Waals surface area (Å²) < 4.78 is 11.3. The summed E-state index contributed by atoms with van der Waals surface area (Å²) in [6, 6.07) is 10.7. The highest BCUT2D eigenvalue weighted by molar-refractivity contribution is 7.13. The number of amides is 2. The molecular formula is C20H22N4O4S.